The summed E-state index contributed by atoms with van der Waals surface area (Å²) in [6.07, 6.45) is 1.10. The Morgan fingerprint density at radius 2 is 1.88 bits per heavy atom. The lowest BCUT2D eigenvalue weighted by Crippen LogP contribution is -2.53. The zero-order valence-corrected chi connectivity index (χ0v) is 13.5. The monoisotopic (exact) mass is 330 g/mol. The van der Waals surface area contributed by atoms with Gasteiger partial charge in [-0.25, -0.2) is 0 Å². The first-order valence-electron chi connectivity index (χ1n) is 7.73. The molecule has 126 valence electrons. The highest BCUT2D eigenvalue weighted by Crippen LogP contribution is 2.44. The van der Waals surface area contributed by atoms with E-state index in [-0.39, 0.29) is 12.8 Å². The maximum atomic E-state index is 12.8. The minimum atomic E-state index is -1.59. The Hall–Kier alpha value is -2.70. The number of carbonyl (C=O) groups is 3. The number of ether oxygens (including phenoxy) is 1. The van der Waals surface area contributed by atoms with E-state index in [1.54, 1.807) is 31.2 Å². The normalized spacial score (nSPS) is 25.0. The van der Waals surface area contributed by atoms with E-state index in [1.165, 1.54) is 11.9 Å². The Bertz CT molecular complexity index is 739. The third-order valence-corrected chi connectivity index (χ3v) is 4.85. The Morgan fingerprint density at radius 3 is 2.38 bits per heavy atom. The number of aliphatic carboxylic acids is 1. The maximum Gasteiger partial charge on any atom is 0.324 e. The summed E-state index contributed by atoms with van der Waals surface area (Å²) in [5, 5.41) is 14.7. The molecule has 1 atom stereocenters. The fourth-order valence-corrected chi connectivity index (χ4v) is 2.83. The van der Waals surface area contributed by atoms with Gasteiger partial charge in [0.2, 0.25) is 5.60 Å². The lowest BCUT2D eigenvalue weighted by atomic mass is 9.68. The van der Waals surface area contributed by atoms with Crippen molar-refractivity contribution in [1.82, 2.24) is 0 Å². The number of esters is 1. The number of anilines is 1. The van der Waals surface area contributed by atoms with Crippen molar-refractivity contribution in [2.24, 2.45) is 10.5 Å². The average Bonchev–Trinajstić information content (AvgIpc) is 2.71. The van der Waals surface area contributed by atoms with E-state index in [0.29, 0.717) is 17.8 Å². The first-order chi connectivity index (χ1) is 11.3. The number of nitrogens with zero attached hydrogens (tertiary/aromatic N) is 2. The number of hydrazone groups is 1. The van der Waals surface area contributed by atoms with Crippen LogP contribution in [-0.4, -0.2) is 34.3 Å². The van der Waals surface area contributed by atoms with Gasteiger partial charge in [0.25, 0.3) is 5.91 Å². The number of amides is 1. The van der Waals surface area contributed by atoms with Crippen LogP contribution >= 0.6 is 0 Å². The van der Waals surface area contributed by atoms with E-state index in [0.717, 1.165) is 0 Å². The van der Waals surface area contributed by atoms with Crippen molar-refractivity contribution < 1.29 is 24.2 Å². The van der Waals surface area contributed by atoms with E-state index in [4.69, 9.17) is 4.74 Å². The van der Waals surface area contributed by atoms with Crippen LogP contribution in [0.15, 0.2) is 35.4 Å². The standard InChI is InChI=1S/C17H18N2O5/c1-11-16(2,24-15(23)17(14(21)22)9-6-10-17)13(20)19(18-11)12-7-4-3-5-8-12/h3-5,7-8H,6,9-10H2,1-2H3,(H,21,22). The Labute approximate surface area is 138 Å². The molecule has 0 aromatic heterocycles. The van der Waals surface area contributed by atoms with Gasteiger partial charge < -0.3 is 9.84 Å². The number of rotatable bonds is 4. The highest BCUT2D eigenvalue weighted by molar-refractivity contribution is 6.22. The van der Waals surface area contributed by atoms with Crippen LogP contribution in [0.25, 0.3) is 0 Å². The number of carboxylic acid groups (broad SMARTS) is 1. The molecule has 1 saturated carbocycles. The molecule has 0 bridgehead atoms. The quantitative estimate of drug-likeness (QED) is 0.672. The highest BCUT2D eigenvalue weighted by Gasteiger charge is 2.57. The molecule has 0 saturated heterocycles. The third kappa shape index (κ3) is 2.19. The van der Waals surface area contributed by atoms with Crippen LogP contribution in [0.4, 0.5) is 5.69 Å². The van der Waals surface area contributed by atoms with Crippen LogP contribution < -0.4 is 5.01 Å². The average molecular weight is 330 g/mol. The van der Waals surface area contributed by atoms with Crippen molar-refractivity contribution in [3.63, 3.8) is 0 Å². The molecule has 7 heteroatoms. The van der Waals surface area contributed by atoms with Gasteiger partial charge in [-0.05, 0) is 45.2 Å². The van der Waals surface area contributed by atoms with Gasteiger partial charge in [-0.2, -0.15) is 10.1 Å². The molecule has 1 unspecified atom stereocenters. The Kier molecular flexibility index (Phi) is 3.66. The summed E-state index contributed by atoms with van der Waals surface area (Å²) in [5.74, 6) is -2.59. The van der Waals surface area contributed by atoms with E-state index in [2.05, 4.69) is 5.10 Å². The van der Waals surface area contributed by atoms with Crippen molar-refractivity contribution >= 4 is 29.2 Å². The summed E-state index contributed by atoms with van der Waals surface area (Å²) < 4.78 is 5.40. The second-order valence-corrected chi connectivity index (χ2v) is 6.30. The van der Waals surface area contributed by atoms with Crippen molar-refractivity contribution in [2.75, 3.05) is 5.01 Å². The molecule has 24 heavy (non-hydrogen) atoms. The van der Waals surface area contributed by atoms with Crippen LogP contribution in [0.3, 0.4) is 0 Å². The molecule has 0 radical (unpaired) electrons. The third-order valence-electron chi connectivity index (χ3n) is 4.85. The fourth-order valence-electron chi connectivity index (χ4n) is 2.83. The molecule has 2 aliphatic rings. The number of carboxylic acids is 1. The van der Waals surface area contributed by atoms with E-state index in [9.17, 15) is 19.5 Å². The van der Waals surface area contributed by atoms with E-state index >= 15 is 0 Å². The van der Waals surface area contributed by atoms with Gasteiger partial charge in [-0.15, -0.1) is 0 Å². The van der Waals surface area contributed by atoms with Crippen molar-refractivity contribution in [1.29, 1.82) is 0 Å². The molecule has 1 aromatic carbocycles. The van der Waals surface area contributed by atoms with Gasteiger partial charge in [0.15, 0.2) is 5.41 Å². The summed E-state index contributed by atoms with van der Waals surface area (Å²) in [6, 6.07) is 8.78. The second kappa shape index (κ2) is 5.43. The van der Waals surface area contributed by atoms with Crippen molar-refractivity contribution in [3.05, 3.63) is 30.3 Å². The van der Waals surface area contributed by atoms with Gasteiger partial charge in [0.05, 0.1) is 11.4 Å². The smallest absolute Gasteiger partial charge is 0.324 e. The number of hydrogen-bond donors (Lipinski definition) is 1. The van der Waals surface area contributed by atoms with Gasteiger partial charge >= 0.3 is 11.9 Å². The molecular weight excluding hydrogens is 312 g/mol. The molecule has 0 spiro atoms. The summed E-state index contributed by atoms with van der Waals surface area (Å²) in [4.78, 5) is 36.7. The lowest BCUT2D eigenvalue weighted by molar-refractivity contribution is -0.183. The topological polar surface area (TPSA) is 96.3 Å². The molecule has 7 nitrogen and oxygen atoms in total. The van der Waals surface area contributed by atoms with Crippen molar-refractivity contribution in [3.8, 4) is 0 Å². The summed E-state index contributed by atoms with van der Waals surface area (Å²) >= 11 is 0. The minimum Gasteiger partial charge on any atom is -0.480 e. The molecule has 1 heterocycles. The lowest BCUT2D eigenvalue weighted by Gasteiger charge is -2.37. The zero-order valence-electron chi connectivity index (χ0n) is 13.5. The number of para-hydroxylation sites is 1. The first kappa shape index (κ1) is 16.2. The van der Waals surface area contributed by atoms with Gasteiger partial charge in [-0.3, -0.25) is 14.4 Å². The van der Waals surface area contributed by atoms with E-state index < -0.39 is 28.9 Å². The molecule has 1 N–H and O–H groups in total. The van der Waals surface area contributed by atoms with Gasteiger partial charge in [0, 0.05) is 0 Å². The minimum absolute atomic E-state index is 0.226. The van der Waals surface area contributed by atoms with Gasteiger partial charge in [0.1, 0.15) is 0 Å². The molecule has 3 rings (SSSR count). The van der Waals surface area contributed by atoms with E-state index in [1.807, 2.05) is 6.07 Å². The fraction of sp³-hybridized carbons (Fsp3) is 0.412. The molecule has 1 aromatic rings. The zero-order chi connectivity index (χ0) is 17.5. The molecule has 1 aliphatic heterocycles. The molecule has 1 fully saturated rings. The summed E-state index contributed by atoms with van der Waals surface area (Å²) in [5.41, 5.74) is -2.27. The highest BCUT2D eigenvalue weighted by atomic mass is 16.6. The van der Waals surface area contributed by atoms with Crippen LogP contribution in [0.5, 0.6) is 0 Å². The first-order valence-corrected chi connectivity index (χ1v) is 7.73. The SMILES string of the molecule is CC1=NN(c2ccccc2)C(=O)C1(C)OC(=O)C1(C(=O)O)CCC1. The predicted molar refractivity (Wildman–Crippen MR) is 85.5 cm³/mol. The van der Waals surface area contributed by atoms with Crippen LogP contribution in [0, 0.1) is 5.41 Å². The summed E-state index contributed by atoms with van der Waals surface area (Å²) in [7, 11) is 0. The van der Waals surface area contributed by atoms with Gasteiger partial charge in [-0.1, -0.05) is 18.2 Å². The molecule has 1 aliphatic carbocycles. The second-order valence-electron chi connectivity index (χ2n) is 6.30. The maximum absolute atomic E-state index is 12.8. The van der Waals surface area contributed by atoms with Crippen LogP contribution in [0.2, 0.25) is 0 Å². The van der Waals surface area contributed by atoms with Crippen molar-refractivity contribution in [2.45, 2.75) is 38.7 Å². The van der Waals surface area contributed by atoms with Crippen LogP contribution in [-0.2, 0) is 19.1 Å². The summed E-state index contributed by atoms with van der Waals surface area (Å²) in [6.45, 7) is 3.03. The molecule has 1 amide bonds. The largest absolute Gasteiger partial charge is 0.480 e. The number of benzene rings is 1. The Morgan fingerprint density at radius 1 is 1.25 bits per heavy atom. The number of carbonyl (C=O) groups excluding carboxylic acids is 2. The van der Waals surface area contributed by atoms with Crippen LogP contribution in [0.1, 0.15) is 33.1 Å². The Balaban J connectivity index is 1.86. The number of hydrogen-bond acceptors (Lipinski definition) is 5. The predicted octanol–water partition coefficient (Wildman–Crippen LogP) is 1.97. The molecular formula is C17H18N2O5.